The molecular weight excluding hydrogens is 336 g/mol. The van der Waals surface area contributed by atoms with Gasteiger partial charge in [0.05, 0.1) is 10.9 Å². The average Bonchev–Trinajstić information content (AvgIpc) is 3.08. The van der Waals surface area contributed by atoms with Crippen molar-refractivity contribution < 1.29 is 4.79 Å². The molecule has 2 N–H and O–H groups in total. The summed E-state index contributed by atoms with van der Waals surface area (Å²) < 4.78 is 2.15. The number of likely N-dealkylation sites (N-methyl/N-ethyl adjacent to an activating group) is 1. The highest BCUT2D eigenvalue weighted by Gasteiger charge is 2.20. The second-order valence-corrected chi connectivity index (χ2v) is 7.25. The first kappa shape index (κ1) is 17.8. The first-order valence-electron chi connectivity index (χ1n) is 8.69. The van der Waals surface area contributed by atoms with Crippen LogP contribution in [0.2, 0.25) is 0 Å². The predicted octanol–water partition coefficient (Wildman–Crippen LogP) is 2.47. The number of H-pyrrole nitrogens is 1. The second kappa shape index (κ2) is 7.49. The molecule has 0 atom stereocenters. The molecule has 1 aromatic heterocycles. The molecule has 0 unspecified atom stereocenters. The van der Waals surface area contributed by atoms with Crippen molar-refractivity contribution >= 4 is 29.0 Å². The monoisotopic (exact) mass is 360 g/mol. The van der Waals surface area contributed by atoms with E-state index in [4.69, 9.17) is 12.2 Å². The molecule has 3 rings (SSSR count). The Labute approximate surface area is 151 Å². The van der Waals surface area contributed by atoms with Gasteiger partial charge in [-0.25, -0.2) is 0 Å². The molecule has 2 aromatic rings. The summed E-state index contributed by atoms with van der Waals surface area (Å²) in [5, 5.41) is 3.45. The van der Waals surface area contributed by atoms with Crippen LogP contribution in [-0.4, -0.2) is 47.5 Å². The lowest BCUT2D eigenvalue weighted by Crippen LogP contribution is -2.31. The summed E-state index contributed by atoms with van der Waals surface area (Å²) in [7, 11) is 3.91. The lowest BCUT2D eigenvalue weighted by molar-refractivity contribution is 0.0951. The van der Waals surface area contributed by atoms with Gasteiger partial charge in [-0.1, -0.05) is 12.8 Å². The molecule has 1 amide bonds. The van der Waals surface area contributed by atoms with Crippen molar-refractivity contribution in [3.63, 3.8) is 0 Å². The smallest absolute Gasteiger partial charge is 0.262 e. The largest absolute Gasteiger partial charge is 0.351 e. The third-order valence-electron chi connectivity index (χ3n) is 4.73. The molecule has 25 heavy (non-hydrogen) atoms. The SMILES string of the molecule is CN(C)CCNC(=O)c1ccc2c(=O)n(C3CCCC3)c(=S)[nH]c2c1. The van der Waals surface area contributed by atoms with Gasteiger partial charge in [0.1, 0.15) is 0 Å². The molecule has 1 saturated carbocycles. The van der Waals surface area contributed by atoms with Crippen LogP contribution in [0.4, 0.5) is 0 Å². The Morgan fingerprint density at radius 2 is 2.08 bits per heavy atom. The Morgan fingerprint density at radius 3 is 2.76 bits per heavy atom. The minimum atomic E-state index is -0.150. The highest BCUT2D eigenvalue weighted by Crippen LogP contribution is 2.28. The predicted molar refractivity (Wildman–Crippen MR) is 102 cm³/mol. The van der Waals surface area contributed by atoms with Crippen molar-refractivity contribution in [3.8, 4) is 0 Å². The molecule has 134 valence electrons. The van der Waals surface area contributed by atoms with E-state index in [1.165, 1.54) is 0 Å². The summed E-state index contributed by atoms with van der Waals surface area (Å²) in [5.74, 6) is -0.150. The molecule has 1 heterocycles. The number of hydrogen-bond donors (Lipinski definition) is 2. The van der Waals surface area contributed by atoms with Gasteiger partial charge in [-0.3, -0.25) is 14.2 Å². The first-order chi connectivity index (χ1) is 12.0. The second-order valence-electron chi connectivity index (χ2n) is 6.86. The average molecular weight is 360 g/mol. The van der Waals surface area contributed by atoms with Crippen LogP contribution in [-0.2, 0) is 0 Å². The van der Waals surface area contributed by atoms with Gasteiger partial charge >= 0.3 is 0 Å². The van der Waals surface area contributed by atoms with Crippen LogP contribution < -0.4 is 10.9 Å². The van der Waals surface area contributed by atoms with Gasteiger partial charge in [0.25, 0.3) is 11.5 Å². The summed E-state index contributed by atoms with van der Waals surface area (Å²) in [6, 6.07) is 5.31. The van der Waals surface area contributed by atoms with E-state index in [2.05, 4.69) is 10.3 Å². The fourth-order valence-corrected chi connectivity index (χ4v) is 3.70. The van der Waals surface area contributed by atoms with Crippen molar-refractivity contribution in [2.45, 2.75) is 31.7 Å². The molecule has 1 aliphatic rings. The number of carbonyl (C=O) groups excluding carboxylic acids is 1. The molecular formula is C18H24N4O2S. The van der Waals surface area contributed by atoms with Gasteiger partial charge in [0, 0.05) is 24.7 Å². The van der Waals surface area contributed by atoms with Gasteiger partial charge in [0.15, 0.2) is 4.77 Å². The van der Waals surface area contributed by atoms with E-state index in [-0.39, 0.29) is 17.5 Å². The topological polar surface area (TPSA) is 70.1 Å². The van der Waals surface area contributed by atoms with Crippen molar-refractivity contribution in [2.75, 3.05) is 27.2 Å². The van der Waals surface area contributed by atoms with Crippen molar-refractivity contribution in [1.29, 1.82) is 0 Å². The van der Waals surface area contributed by atoms with Crippen LogP contribution in [0.5, 0.6) is 0 Å². The van der Waals surface area contributed by atoms with Crippen LogP contribution in [0.1, 0.15) is 42.1 Å². The molecule has 0 aliphatic heterocycles. The van der Waals surface area contributed by atoms with E-state index < -0.39 is 0 Å². The maximum Gasteiger partial charge on any atom is 0.262 e. The quantitative estimate of drug-likeness (QED) is 0.804. The fraction of sp³-hybridized carbons (Fsp3) is 0.500. The minimum Gasteiger partial charge on any atom is -0.351 e. The Morgan fingerprint density at radius 1 is 1.36 bits per heavy atom. The van der Waals surface area contributed by atoms with E-state index in [0.717, 1.165) is 32.2 Å². The number of nitrogens with one attached hydrogen (secondary N) is 2. The van der Waals surface area contributed by atoms with Crippen LogP contribution in [0.3, 0.4) is 0 Å². The summed E-state index contributed by atoms with van der Waals surface area (Å²) in [4.78, 5) is 30.2. The molecule has 7 heteroatoms. The maximum atomic E-state index is 12.8. The van der Waals surface area contributed by atoms with Gasteiger partial charge in [0.2, 0.25) is 0 Å². The molecule has 0 spiro atoms. The standard InChI is InChI=1S/C18H24N4O2S/c1-21(2)10-9-19-16(23)12-7-8-14-15(11-12)20-18(25)22(17(14)24)13-5-3-4-6-13/h7-8,11,13H,3-6,9-10H2,1-2H3,(H,19,23)(H,20,25). The van der Waals surface area contributed by atoms with Crippen LogP contribution >= 0.6 is 12.2 Å². The number of fused-ring (bicyclic) bond motifs is 1. The number of aromatic nitrogens is 2. The molecule has 1 fully saturated rings. The van der Waals surface area contributed by atoms with E-state index >= 15 is 0 Å². The summed E-state index contributed by atoms with van der Waals surface area (Å²) in [5.41, 5.74) is 1.07. The normalized spacial score (nSPS) is 15.2. The van der Waals surface area contributed by atoms with E-state index in [1.54, 1.807) is 22.8 Å². The van der Waals surface area contributed by atoms with E-state index in [9.17, 15) is 9.59 Å². The zero-order chi connectivity index (χ0) is 18.0. The van der Waals surface area contributed by atoms with Gasteiger partial charge in [-0.2, -0.15) is 0 Å². The zero-order valence-electron chi connectivity index (χ0n) is 14.7. The third kappa shape index (κ3) is 3.82. The Balaban J connectivity index is 1.91. The number of benzene rings is 1. The summed E-state index contributed by atoms with van der Waals surface area (Å²) in [6.07, 6.45) is 4.26. The van der Waals surface area contributed by atoms with Crippen molar-refractivity contribution in [1.82, 2.24) is 19.8 Å². The number of hydrogen-bond acceptors (Lipinski definition) is 4. The summed E-state index contributed by atoms with van der Waals surface area (Å²) >= 11 is 5.41. The Hall–Kier alpha value is -1.99. The van der Waals surface area contributed by atoms with Gasteiger partial charge in [-0.05, 0) is 57.4 Å². The number of rotatable bonds is 5. The number of amides is 1. The minimum absolute atomic E-state index is 0.0646. The highest BCUT2D eigenvalue weighted by atomic mass is 32.1. The van der Waals surface area contributed by atoms with E-state index in [0.29, 0.717) is 27.8 Å². The lowest BCUT2D eigenvalue weighted by atomic mass is 10.1. The van der Waals surface area contributed by atoms with Gasteiger partial charge < -0.3 is 15.2 Å². The van der Waals surface area contributed by atoms with Crippen LogP contribution in [0.25, 0.3) is 10.9 Å². The van der Waals surface area contributed by atoms with E-state index in [1.807, 2.05) is 19.0 Å². The summed E-state index contributed by atoms with van der Waals surface area (Å²) in [6.45, 7) is 1.34. The Bertz CT molecular complexity index is 894. The molecule has 1 aliphatic carbocycles. The highest BCUT2D eigenvalue weighted by molar-refractivity contribution is 7.71. The molecule has 1 aromatic carbocycles. The molecule has 0 radical (unpaired) electrons. The number of aromatic amines is 1. The van der Waals surface area contributed by atoms with Crippen molar-refractivity contribution in [2.24, 2.45) is 0 Å². The van der Waals surface area contributed by atoms with Gasteiger partial charge in [-0.15, -0.1) is 0 Å². The third-order valence-corrected chi connectivity index (χ3v) is 5.02. The number of nitrogens with zero attached hydrogens (tertiary/aromatic N) is 2. The lowest BCUT2D eigenvalue weighted by Gasteiger charge is -2.15. The Kier molecular flexibility index (Phi) is 5.34. The number of carbonyl (C=O) groups is 1. The molecule has 0 saturated heterocycles. The maximum absolute atomic E-state index is 12.8. The van der Waals surface area contributed by atoms with Crippen LogP contribution in [0, 0.1) is 4.77 Å². The van der Waals surface area contributed by atoms with Crippen LogP contribution in [0.15, 0.2) is 23.0 Å². The molecule has 0 bridgehead atoms. The fourth-order valence-electron chi connectivity index (χ4n) is 3.36. The van der Waals surface area contributed by atoms with Crippen molar-refractivity contribution in [3.05, 3.63) is 38.9 Å². The zero-order valence-corrected chi connectivity index (χ0v) is 15.5. The molecule has 6 nitrogen and oxygen atoms in total. The first-order valence-corrected chi connectivity index (χ1v) is 9.09.